The Balaban J connectivity index is 1.76. The molecule has 0 fully saturated rings. The minimum Gasteiger partial charge on any atom is -0.208 e. The van der Waals surface area contributed by atoms with Crippen molar-refractivity contribution < 1.29 is 35.1 Å². The van der Waals surface area contributed by atoms with Crippen LogP contribution < -0.4 is 0 Å². The van der Waals surface area contributed by atoms with Crippen LogP contribution in [0.15, 0.2) is 60.2 Å². The lowest BCUT2D eigenvalue weighted by molar-refractivity contribution is 0.410. The highest BCUT2D eigenvalue weighted by Gasteiger charge is 2.43. The molecule has 5 rings (SSSR count). The molecule has 0 nitrogen and oxygen atoms in total. The second kappa shape index (κ2) is 7.05. The van der Waals surface area contributed by atoms with Crippen LogP contribution in [-0.4, -0.2) is 0 Å². The van der Waals surface area contributed by atoms with Crippen LogP contribution in [0.4, 0.5) is 35.1 Å². The van der Waals surface area contributed by atoms with Crippen molar-refractivity contribution in [3.8, 4) is 0 Å². The number of hydrogen-bond donors (Lipinski definition) is 0. The molecule has 0 saturated heterocycles. The molecular weight excluding hydrogens is 440 g/mol. The first kappa shape index (κ1) is 20.5. The summed E-state index contributed by atoms with van der Waals surface area (Å²) in [5.41, 5.74) is -3.85. The second-order valence-corrected chi connectivity index (χ2v) is 7.45. The minimum atomic E-state index is -2.07. The largest absolute Gasteiger partial charge is 0.208 e. The number of hydrogen-bond acceptors (Lipinski definition) is 0. The highest BCUT2D eigenvalue weighted by atomic mass is 19.2. The van der Waals surface area contributed by atoms with Gasteiger partial charge in [-0.1, -0.05) is 48.5 Å². The van der Waals surface area contributed by atoms with E-state index in [1.165, 1.54) is 36.4 Å². The molecule has 32 heavy (non-hydrogen) atoms. The molecule has 0 heterocycles. The maximum Gasteiger partial charge on any atom is 0.166 e. The Morgan fingerprint density at radius 3 is 1.09 bits per heavy atom. The summed E-state index contributed by atoms with van der Waals surface area (Å²) in [4.78, 5) is 0. The molecule has 0 N–H and O–H groups in total. The Morgan fingerprint density at radius 2 is 0.750 bits per heavy atom. The fourth-order valence-electron chi connectivity index (χ4n) is 4.42. The third kappa shape index (κ3) is 2.55. The van der Waals surface area contributed by atoms with Crippen molar-refractivity contribution in [2.24, 2.45) is 0 Å². The lowest BCUT2D eigenvalue weighted by atomic mass is 9.86. The van der Waals surface area contributed by atoms with Crippen LogP contribution in [0.2, 0.25) is 0 Å². The fraction of sp³-hybridized carbons (Fsp3) is 0.0833. The van der Waals surface area contributed by atoms with Crippen LogP contribution in [0.5, 0.6) is 0 Å². The molecule has 0 aliphatic heterocycles. The first-order valence-corrected chi connectivity index (χ1v) is 9.40. The average molecular weight is 450 g/mol. The Labute approximate surface area is 176 Å². The van der Waals surface area contributed by atoms with Gasteiger partial charge in [-0.05, 0) is 11.1 Å². The van der Waals surface area contributed by atoms with E-state index in [1.807, 2.05) is 0 Å². The summed E-state index contributed by atoms with van der Waals surface area (Å²) in [6, 6.07) is 10.0. The van der Waals surface area contributed by atoms with Crippen molar-refractivity contribution in [3.63, 3.8) is 0 Å². The standard InChI is InChI=1S/C24H10F8/c25-17-11-7-3-1-5-9(11)13(19(17)27)15-21(29)23(31)16(24(32)22(15)30)14-10-6-2-4-8-12(10)18(26)20(14)28/h1-8,13-14H. The Bertz CT molecular complexity index is 1230. The smallest absolute Gasteiger partial charge is 0.166 e. The van der Waals surface area contributed by atoms with Crippen LogP contribution in [0.1, 0.15) is 45.2 Å². The Morgan fingerprint density at radius 1 is 0.438 bits per heavy atom. The Hall–Kier alpha value is -3.42. The molecule has 3 aromatic rings. The van der Waals surface area contributed by atoms with E-state index in [0.717, 1.165) is 12.1 Å². The van der Waals surface area contributed by atoms with Gasteiger partial charge < -0.3 is 0 Å². The summed E-state index contributed by atoms with van der Waals surface area (Å²) in [5.74, 6) is -18.2. The van der Waals surface area contributed by atoms with Gasteiger partial charge in [0.15, 0.2) is 34.9 Å². The van der Waals surface area contributed by atoms with Gasteiger partial charge in [0.25, 0.3) is 0 Å². The molecule has 0 amide bonds. The predicted molar refractivity (Wildman–Crippen MR) is 101 cm³/mol. The van der Waals surface area contributed by atoms with E-state index in [2.05, 4.69) is 0 Å². The molecular formula is C24H10F8. The first-order valence-electron chi connectivity index (χ1n) is 9.40. The van der Waals surface area contributed by atoms with E-state index in [0.29, 0.717) is 0 Å². The van der Waals surface area contributed by atoms with Crippen molar-refractivity contribution in [1.82, 2.24) is 0 Å². The number of fused-ring (bicyclic) bond motifs is 2. The van der Waals surface area contributed by atoms with Crippen molar-refractivity contribution >= 4 is 11.7 Å². The molecule has 162 valence electrons. The first-order chi connectivity index (χ1) is 15.3. The molecule has 0 bridgehead atoms. The van der Waals surface area contributed by atoms with Gasteiger partial charge in [-0.25, -0.2) is 35.1 Å². The third-order valence-corrected chi connectivity index (χ3v) is 5.85. The molecule has 2 aliphatic carbocycles. The molecule has 2 atom stereocenters. The van der Waals surface area contributed by atoms with Crippen LogP contribution in [0.3, 0.4) is 0 Å². The summed E-state index contributed by atoms with van der Waals surface area (Å²) in [7, 11) is 0. The number of halogens is 8. The van der Waals surface area contributed by atoms with Crippen molar-refractivity contribution in [2.45, 2.75) is 11.8 Å². The third-order valence-electron chi connectivity index (χ3n) is 5.85. The molecule has 8 heteroatoms. The molecule has 2 unspecified atom stereocenters. The SMILES string of the molecule is FC1=C(F)C(c2c(F)c(F)c(C3C(F)=C(F)c4ccccc43)c(F)c2F)c2ccccc21. The predicted octanol–water partition coefficient (Wildman–Crippen LogP) is 7.75. The quantitative estimate of drug-likeness (QED) is 0.277. The molecule has 0 aromatic heterocycles. The van der Waals surface area contributed by atoms with E-state index >= 15 is 17.6 Å². The summed E-state index contributed by atoms with van der Waals surface area (Å²) in [6.45, 7) is 0. The van der Waals surface area contributed by atoms with Gasteiger partial charge in [-0.3, -0.25) is 0 Å². The summed E-state index contributed by atoms with van der Waals surface area (Å²) in [5, 5.41) is 0. The van der Waals surface area contributed by atoms with Gasteiger partial charge in [-0.2, -0.15) is 0 Å². The van der Waals surface area contributed by atoms with Gasteiger partial charge in [0.2, 0.25) is 0 Å². The number of allylic oxidation sites excluding steroid dienone is 2. The van der Waals surface area contributed by atoms with Crippen LogP contribution >= 0.6 is 0 Å². The van der Waals surface area contributed by atoms with Crippen molar-refractivity contribution in [3.05, 3.63) is 117 Å². The van der Waals surface area contributed by atoms with E-state index in [4.69, 9.17) is 0 Å². The molecule has 0 radical (unpaired) electrons. The lowest BCUT2D eigenvalue weighted by Gasteiger charge is -2.20. The normalized spacial score (nSPS) is 19.6. The summed E-state index contributed by atoms with van der Waals surface area (Å²) >= 11 is 0. The zero-order valence-electron chi connectivity index (χ0n) is 15.8. The lowest BCUT2D eigenvalue weighted by Crippen LogP contribution is -2.15. The van der Waals surface area contributed by atoms with Crippen molar-refractivity contribution in [2.75, 3.05) is 0 Å². The monoisotopic (exact) mass is 450 g/mol. The number of rotatable bonds is 2. The molecule has 0 spiro atoms. The van der Waals surface area contributed by atoms with Gasteiger partial charge in [-0.15, -0.1) is 0 Å². The number of benzene rings is 3. The van der Waals surface area contributed by atoms with E-state index in [-0.39, 0.29) is 22.3 Å². The highest BCUT2D eigenvalue weighted by molar-refractivity contribution is 5.76. The summed E-state index contributed by atoms with van der Waals surface area (Å²) < 4.78 is 118. The zero-order chi connectivity index (χ0) is 22.9. The van der Waals surface area contributed by atoms with E-state index in [1.54, 1.807) is 0 Å². The highest BCUT2D eigenvalue weighted by Crippen LogP contribution is 2.52. The second-order valence-electron chi connectivity index (χ2n) is 7.45. The van der Waals surface area contributed by atoms with Crippen LogP contribution in [-0.2, 0) is 0 Å². The molecule has 3 aromatic carbocycles. The van der Waals surface area contributed by atoms with Gasteiger partial charge >= 0.3 is 0 Å². The van der Waals surface area contributed by atoms with Crippen molar-refractivity contribution in [1.29, 1.82) is 0 Å². The molecule has 2 aliphatic rings. The summed E-state index contributed by atoms with van der Waals surface area (Å²) in [6.07, 6.45) is 0. The maximum absolute atomic E-state index is 15.1. The molecule has 0 saturated carbocycles. The van der Waals surface area contributed by atoms with Crippen LogP contribution in [0, 0.1) is 23.3 Å². The van der Waals surface area contributed by atoms with E-state index < -0.39 is 69.5 Å². The van der Waals surface area contributed by atoms with Gasteiger partial charge in [0.05, 0.1) is 11.8 Å². The van der Waals surface area contributed by atoms with Crippen LogP contribution in [0.25, 0.3) is 11.7 Å². The Kier molecular flexibility index (Phi) is 4.51. The van der Waals surface area contributed by atoms with Gasteiger partial charge in [0, 0.05) is 22.3 Å². The minimum absolute atomic E-state index is 0.227. The maximum atomic E-state index is 15.1. The average Bonchev–Trinajstić information content (AvgIpc) is 3.19. The van der Waals surface area contributed by atoms with E-state index in [9.17, 15) is 17.6 Å². The van der Waals surface area contributed by atoms with Gasteiger partial charge in [0.1, 0.15) is 11.7 Å². The zero-order valence-corrected chi connectivity index (χ0v) is 15.8. The fourth-order valence-corrected chi connectivity index (χ4v) is 4.42. The topological polar surface area (TPSA) is 0 Å².